The maximum absolute atomic E-state index is 6.40. The van der Waals surface area contributed by atoms with Crippen molar-refractivity contribution >= 4 is 22.8 Å². The predicted octanol–water partition coefficient (Wildman–Crippen LogP) is 3.56. The normalized spacial score (nSPS) is 18.0. The molecule has 124 valence electrons. The van der Waals surface area contributed by atoms with Gasteiger partial charge in [0.05, 0.1) is 17.4 Å². The van der Waals surface area contributed by atoms with Crippen LogP contribution in [0, 0.1) is 0 Å². The maximum atomic E-state index is 6.40. The van der Waals surface area contributed by atoms with E-state index in [4.69, 9.17) is 16.6 Å². The summed E-state index contributed by atoms with van der Waals surface area (Å²) in [7, 11) is 1.91. The number of hydrogen-bond acceptors (Lipinski definition) is 4. The van der Waals surface area contributed by atoms with E-state index in [-0.39, 0.29) is 0 Å². The van der Waals surface area contributed by atoms with Gasteiger partial charge in [-0.3, -0.25) is 4.98 Å². The van der Waals surface area contributed by atoms with E-state index in [9.17, 15) is 0 Å². The fourth-order valence-electron chi connectivity index (χ4n) is 3.30. The minimum Gasteiger partial charge on any atom is -0.388 e. The van der Waals surface area contributed by atoms with Crippen molar-refractivity contribution in [2.24, 2.45) is 0 Å². The van der Waals surface area contributed by atoms with Crippen molar-refractivity contribution in [2.45, 2.75) is 18.8 Å². The van der Waals surface area contributed by atoms with E-state index >= 15 is 0 Å². The van der Waals surface area contributed by atoms with Gasteiger partial charge in [0.1, 0.15) is 0 Å². The summed E-state index contributed by atoms with van der Waals surface area (Å²) in [5, 5.41) is 11.8. The van der Waals surface area contributed by atoms with Gasteiger partial charge in [0.2, 0.25) is 0 Å². The van der Waals surface area contributed by atoms with Gasteiger partial charge in [-0.05, 0) is 43.7 Å². The largest absolute Gasteiger partial charge is 0.388 e. The first-order valence-electron chi connectivity index (χ1n) is 8.28. The van der Waals surface area contributed by atoms with Gasteiger partial charge >= 0.3 is 0 Å². The van der Waals surface area contributed by atoms with Crippen LogP contribution in [0.25, 0.3) is 16.8 Å². The number of nitrogens with zero attached hydrogens (tertiary/aromatic N) is 3. The van der Waals surface area contributed by atoms with Crippen molar-refractivity contribution in [2.75, 3.05) is 25.5 Å². The lowest BCUT2D eigenvalue weighted by Gasteiger charge is -2.22. The minimum atomic E-state index is 0.422. The Bertz CT molecular complexity index is 867. The zero-order chi connectivity index (χ0) is 16.5. The molecule has 1 atom stereocenters. The first-order chi connectivity index (χ1) is 11.7. The average molecular weight is 342 g/mol. The second-order valence-electron chi connectivity index (χ2n) is 6.19. The van der Waals surface area contributed by atoms with Crippen LogP contribution in [0.15, 0.2) is 36.7 Å². The third kappa shape index (κ3) is 2.85. The molecule has 1 aliphatic rings. The lowest BCUT2D eigenvalue weighted by atomic mass is 9.95. The molecule has 3 aromatic heterocycles. The van der Waals surface area contributed by atoms with Crippen LogP contribution in [0.1, 0.15) is 24.5 Å². The molecule has 1 unspecified atom stereocenters. The molecule has 0 amide bonds. The molecule has 24 heavy (non-hydrogen) atoms. The van der Waals surface area contributed by atoms with Crippen molar-refractivity contribution in [3.63, 3.8) is 0 Å². The summed E-state index contributed by atoms with van der Waals surface area (Å²) in [6.45, 7) is 2.05. The van der Waals surface area contributed by atoms with Gasteiger partial charge in [0.25, 0.3) is 0 Å². The number of nitrogens with one attached hydrogen (secondary N) is 2. The molecule has 3 aromatic rings. The molecule has 1 fully saturated rings. The quantitative estimate of drug-likeness (QED) is 0.765. The minimum absolute atomic E-state index is 0.422. The number of piperidine rings is 1. The van der Waals surface area contributed by atoms with Crippen LogP contribution >= 0.6 is 11.6 Å². The molecular weight excluding hydrogens is 322 g/mol. The molecule has 6 heteroatoms. The maximum Gasteiger partial charge on any atom is 0.0776 e. The van der Waals surface area contributed by atoms with Crippen molar-refractivity contribution < 1.29 is 0 Å². The number of rotatable bonds is 3. The Morgan fingerprint density at radius 2 is 2.25 bits per heavy atom. The summed E-state index contributed by atoms with van der Waals surface area (Å²) in [6.07, 6.45) is 6.13. The van der Waals surface area contributed by atoms with E-state index < -0.39 is 0 Å². The third-order valence-electron chi connectivity index (χ3n) is 4.61. The van der Waals surface area contributed by atoms with Crippen molar-refractivity contribution in [1.82, 2.24) is 19.9 Å². The van der Waals surface area contributed by atoms with Gasteiger partial charge in [-0.25, -0.2) is 4.52 Å². The van der Waals surface area contributed by atoms with Gasteiger partial charge in [-0.15, -0.1) is 0 Å². The molecule has 0 bridgehead atoms. The molecule has 1 aliphatic heterocycles. The molecule has 0 aromatic carbocycles. The topological polar surface area (TPSA) is 54.2 Å². The molecule has 4 rings (SSSR count). The van der Waals surface area contributed by atoms with Crippen LogP contribution in [0.2, 0.25) is 5.02 Å². The van der Waals surface area contributed by atoms with Crippen LogP contribution < -0.4 is 10.6 Å². The highest BCUT2D eigenvalue weighted by Gasteiger charge is 2.19. The Morgan fingerprint density at radius 3 is 3.04 bits per heavy atom. The molecule has 4 heterocycles. The van der Waals surface area contributed by atoms with Gasteiger partial charge in [-0.2, -0.15) is 5.10 Å². The van der Waals surface area contributed by atoms with Gasteiger partial charge in [-0.1, -0.05) is 11.6 Å². The number of hydrogen-bond donors (Lipinski definition) is 2. The zero-order valence-corrected chi connectivity index (χ0v) is 14.3. The van der Waals surface area contributed by atoms with Crippen LogP contribution in [0.3, 0.4) is 0 Å². The molecular formula is C18H20ClN5. The van der Waals surface area contributed by atoms with E-state index in [0.29, 0.717) is 5.92 Å². The summed E-state index contributed by atoms with van der Waals surface area (Å²) >= 11 is 6.40. The van der Waals surface area contributed by atoms with E-state index in [2.05, 4.69) is 21.8 Å². The first-order valence-corrected chi connectivity index (χ1v) is 8.66. The number of aromatic nitrogens is 3. The van der Waals surface area contributed by atoms with Gasteiger partial charge in [0.15, 0.2) is 0 Å². The highest BCUT2D eigenvalue weighted by atomic mass is 35.5. The fraction of sp³-hybridized carbons (Fsp3) is 0.333. The van der Waals surface area contributed by atoms with E-state index in [1.807, 2.05) is 42.2 Å². The van der Waals surface area contributed by atoms with Crippen LogP contribution in [-0.4, -0.2) is 34.7 Å². The summed E-state index contributed by atoms with van der Waals surface area (Å²) in [6, 6.07) is 7.99. The molecule has 2 N–H and O–H groups in total. The highest BCUT2D eigenvalue weighted by molar-refractivity contribution is 6.30. The molecule has 1 saturated heterocycles. The van der Waals surface area contributed by atoms with Gasteiger partial charge in [0, 0.05) is 47.7 Å². The van der Waals surface area contributed by atoms with Crippen LogP contribution in [-0.2, 0) is 0 Å². The standard InChI is InChI=1S/C18H20ClN5/c1-20-14-4-6-24-18(9-14)15(11-22-24)17-8-13(19)7-16(23-17)12-3-2-5-21-10-12/h4,6-9,11-12,20-21H,2-3,5,10H2,1H3. The van der Waals surface area contributed by atoms with Crippen molar-refractivity contribution in [1.29, 1.82) is 0 Å². The number of anilines is 1. The molecule has 0 aliphatic carbocycles. The lowest BCUT2D eigenvalue weighted by molar-refractivity contribution is 0.455. The SMILES string of the molecule is CNc1ccn2ncc(-c3cc(Cl)cc(C4CCCNC4)n3)c2c1. The Balaban J connectivity index is 1.80. The highest BCUT2D eigenvalue weighted by Crippen LogP contribution is 2.30. The van der Waals surface area contributed by atoms with Gasteiger partial charge < -0.3 is 10.6 Å². The van der Waals surface area contributed by atoms with E-state index in [1.54, 1.807) is 0 Å². The monoisotopic (exact) mass is 341 g/mol. The summed E-state index contributed by atoms with van der Waals surface area (Å²) in [4.78, 5) is 4.91. The van der Waals surface area contributed by atoms with Crippen LogP contribution in [0.4, 0.5) is 5.69 Å². The molecule has 5 nitrogen and oxygen atoms in total. The Kier molecular flexibility index (Phi) is 4.12. The predicted molar refractivity (Wildman–Crippen MR) is 97.8 cm³/mol. The summed E-state index contributed by atoms with van der Waals surface area (Å²) < 4.78 is 1.86. The molecule has 0 saturated carbocycles. The smallest absolute Gasteiger partial charge is 0.0776 e. The second-order valence-corrected chi connectivity index (χ2v) is 6.63. The molecule has 0 radical (unpaired) electrons. The summed E-state index contributed by atoms with van der Waals surface area (Å²) in [5.41, 5.74) is 5.01. The zero-order valence-electron chi connectivity index (χ0n) is 13.6. The summed E-state index contributed by atoms with van der Waals surface area (Å²) in [5.74, 6) is 0.422. The van der Waals surface area contributed by atoms with Crippen molar-refractivity contribution in [3.05, 3.63) is 47.4 Å². The van der Waals surface area contributed by atoms with E-state index in [1.165, 1.54) is 6.42 Å². The van der Waals surface area contributed by atoms with Crippen molar-refractivity contribution in [3.8, 4) is 11.3 Å². The fourth-order valence-corrected chi connectivity index (χ4v) is 3.52. The number of halogens is 1. The van der Waals surface area contributed by atoms with E-state index in [0.717, 1.165) is 52.7 Å². The third-order valence-corrected chi connectivity index (χ3v) is 4.83. The average Bonchev–Trinajstić information content (AvgIpc) is 3.05. The first kappa shape index (κ1) is 15.4. The number of pyridine rings is 2. The molecule has 0 spiro atoms. The number of fused-ring (bicyclic) bond motifs is 1. The lowest BCUT2D eigenvalue weighted by Crippen LogP contribution is -2.28. The Hall–Kier alpha value is -2.11. The Labute approximate surface area is 146 Å². The van der Waals surface area contributed by atoms with Crippen LogP contribution in [0.5, 0.6) is 0 Å². The second kappa shape index (κ2) is 6.42. The Morgan fingerprint density at radius 1 is 1.33 bits per heavy atom.